The highest BCUT2D eigenvalue weighted by atomic mass is 16.5. The maximum atomic E-state index is 5.71. The van der Waals surface area contributed by atoms with Gasteiger partial charge in [0.2, 0.25) is 0 Å². The summed E-state index contributed by atoms with van der Waals surface area (Å²) in [6.07, 6.45) is 2.31. The second-order valence-corrected chi connectivity index (χ2v) is 4.33. The van der Waals surface area contributed by atoms with Gasteiger partial charge in [-0.25, -0.2) is 0 Å². The molecule has 0 bridgehead atoms. The highest BCUT2D eigenvalue weighted by Gasteiger charge is 1.99. The standard InChI is InChI=1S/C13H21NO/c1-10(2)15-13-8-6-12(7-9-13)5-4-11(3)14/h6-11H,4-5,14H2,1-3H3/t11-/m1/s1. The van der Waals surface area contributed by atoms with Crippen molar-refractivity contribution in [3.05, 3.63) is 29.8 Å². The highest BCUT2D eigenvalue weighted by Crippen LogP contribution is 2.14. The molecule has 2 nitrogen and oxygen atoms in total. The number of benzene rings is 1. The van der Waals surface area contributed by atoms with Crippen LogP contribution in [0.15, 0.2) is 24.3 Å². The fourth-order valence-corrected chi connectivity index (χ4v) is 1.40. The summed E-state index contributed by atoms with van der Waals surface area (Å²) in [6.45, 7) is 6.10. The van der Waals surface area contributed by atoms with E-state index in [4.69, 9.17) is 10.5 Å². The van der Waals surface area contributed by atoms with Crippen LogP contribution in [0.3, 0.4) is 0 Å². The summed E-state index contributed by atoms with van der Waals surface area (Å²) >= 11 is 0. The summed E-state index contributed by atoms with van der Waals surface area (Å²) in [7, 11) is 0. The van der Waals surface area contributed by atoms with Crippen LogP contribution in [-0.2, 0) is 6.42 Å². The van der Waals surface area contributed by atoms with E-state index < -0.39 is 0 Å². The van der Waals surface area contributed by atoms with E-state index in [-0.39, 0.29) is 12.1 Å². The molecule has 1 rings (SSSR count). The maximum absolute atomic E-state index is 5.71. The van der Waals surface area contributed by atoms with E-state index in [9.17, 15) is 0 Å². The number of hydrogen-bond donors (Lipinski definition) is 1. The van der Waals surface area contributed by atoms with Crippen molar-refractivity contribution in [3.8, 4) is 5.75 Å². The Morgan fingerprint density at radius 3 is 2.20 bits per heavy atom. The van der Waals surface area contributed by atoms with Crippen molar-refractivity contribution < 1.29 is 4.74 Å². The van der Waals surface area contributed by atoms with Gasteiger partial charge in [-0.3, -0.25) is 0 Å². The van der Waals surface area contributed by atoms with Crippen molar-refractivity contribution in [1.82, 2.24) is 0 Å². The van der Waals surface area contributed by atoms with Crippen LogP contribution >= 0.6 is 0 Å². The Morgan fingerprint density at radius 1 is 1.13 bits per heavy atom. The zero-order valence-electron chi connectivity index (χ0n) is 9.86. The van der Waals surface area contributed by atoms with E-state index in [0.29, 0.717) is 0 Å². The molecule has 0 saturated heterocycles. The van der Waals surface area contributed by atoms with Gasteiger partial charge in [0.25, 0.3) is 0 Å². The number of hydrogen-bond acceptors (Lipinski definition) is 2. The molecule has 1 atom stereocenters. The quantitative estimate of drug-likeness (QED) is 0.805. The zero-order chi connectivity index (χ0) is 11.3. The van der Waals surface area contributed by atoms with Crippen molar-refractivity contribution in [1.29, 1.82) is 0 Å². The topological polar surface area (TPSA) is 35.2 Å². The first-order chi connectivity index (χ1) is 7.08. The third-order valence-electron chi connectivity index (χ3n) is 2.18. The van der Waals surface area contributed by atoms with E-state index in [1.165, 1.54) is 5.56 Å². The number of rotatable bonds is 5. The molecular formula is C13H21NO. The second-order valence-electron chi connectivity index (χ2n) is 4.33. The summed E-state index contributed by atoms with van der Waals surface area (Å²) in [5, 5.41) is 0. The summed E-state index contributed by atoms with van der Waals surface area (Å²) in [5.74, 6) is 0.939. The Labute approximate surface area is 92.4 Å². The van der Waals surface area contributed by atoms with E-state index >= 15 is 0 Å². The fraction of sp³-hybridized carbons (Fsp3) is 0.538. The Bertz CT molecular complexity index is 277. The molecule has 0 radical (unpaired) electrons. The van der Waals surface area contributed by atoms with Gasteiger partial charge in [0.1, 0.15) is 5.75 Å². The van der Waals surface area contributed by atoms with Crippen LogP contribution in [0.25, 0.3) is 0 Å². The molecule has 0 aliphatic carbocycles. The highest BCUT2D eigenvalue weighted by molar-refractivity contribution is 5.27. The Kier molecular flexibility index (Phi) is 4.63. The van der Waals surface area contributed by atoms with Gasteiger partial charge in [-0.1, -0.05) is 12.1 Å². The molecule has 0 aromatic heterocycles. The minimum Gasteiger partial charge on any atom is -0.491 e. The van der Waals surface area contributed by atoms with E-state index in [2.05, 4.69) is 12.1 Å². The third kappa shape index (κ3) is 4.84. The van der Waals surface area contributed by atoms with Crippen molar-refractivity contribution >= 4 is 0 Å². The first kappa shape index (κ1) is 12.1. The largest absolute Gasteiger partial charge is 0.491 e. The molecule has 2 N–H and O–H groups in total. The van der Waals surface area contributed by atoms with Crippen LogP contribution in [0.1, 0.15) is 32.8 Å². The molecule has 0 unspecified atom stereocenters. The number of nitrogens with two attached hydrogens (primary N) is 1. The molecule has 0 spiro atoms. The van der Waals surface area contributed by atoms with Gasteiger partial charge in [-0.15, -0.1) is 0 Å². The minimum atomic E-state index is 0.236. The Balaban J connectivity index is 2.49. The zero-order valence-corrected chi connectivity index (χ0v) is 9.86. The van der Waals surface area contributed by atoms with Gasteiger partial charge in [0.05, 0.1) is 6.10 Å². The smallest absolute Gasteiger partial charge is 0.119 e. The molecular weight excluding hydrogens is 186 g/mol. The number of ether oxygens (including phenoxy) is 1. The lowest BCUT2D eigenvalue weighted by atomic mass is 10.1. The van der Waals surface area contributed by atoms with E-state index in [1.807, 2.05) is 32.9 Å². The summed E-state index contributed by atoms with van der Waals surface area (Å²) in [6, 6.07) is 8.55. The molecule has 0 saturated carbocycles. The van der Waals surface area contributed by atoms with Gasteiger partial charge in [-0.2, -0.15) is 0 Å². The molecule has 0 fully saturated rings. The lowest BCUT2D eigenvalue weighted by molar-refractivity contribution is 0.242. The van der Waals surface area contributed by atoms with Gasteiger partial charge >= 0.3 is 0 Å². The number of aryl methyl sites for hydroxylation is 1. The third-order valence-corrected chi connectivity index (χ3v) is 2.18. The summed E-state index contributed by atoms with van der Waals surface area (Å²) < 4.78 is 5.57. The molecule has 1 aromatic rings. The van der Waals surface area contributed by atoms with Crippen molar-refractivity contribution in [2.24, 2.45) is 5.73 Å². The van der Waals surface area contributed by atoms with Crippen molar-refractivity contribution in [3.63, 3.8) is 0 Å². The summed E-state index contributed by atoms with van der Waals surface area (Å²) in [4.78, 5) is 0. The second kappa shape index (κ2) is 5.76. The van der Waals surface area contributed by atoms with Gasteiger partial charge in [0.15, 0.2) is 0 Å². The Morgan fingerprint density at radius 2 is 1.73 bits per heavy atom. The van der Waals surface area contributed by atoms with Crippen molar-refractivity contribution in [2.75, 3.05) is 0 Å². The fourth-order valence-electron chi connectivity index (χ4n) is 1.40. The molecule has 0 aliphatic rings. The predicted octanol–water partition coefficient (Wildman–Crippen LogP) is 2.75. The van der Waals surface area contributed by atoms with Crippen molar-refractivity contribution in [2.45, 2.75) is 45.8 Å². The first-order valence-electron chi connectivity index (χ1n) is 5.59. The van der Waals surface area contributed by atoms with Crippen LogP contribution in [0.4, 0.5) is 0 Å². The molecule has 84 valence electrons. The van der Waals surface area contributed by atoms with Crippen LogP contribution in [0, 0.1) is 0 Å². The van der Waals surface area contributed by atoms with Gasteiger partial charge in [-0.05, 0) is 51.3 Å². The van der Waals surface area contributed by atoms with Gasteiger partial charge < -0.3 is 10.5 Å². The molecule has 1 aromatic carbocycles. The van der Waals surface area contributed by atoms with E-state index in [1.54, 1.807) is 0 Å². The molecule has 0 amide bonds. The maximum Gasteiger partial charge on any atom is 0.119 e. The lowest BCUT2D eigenvalue weighted by Crippen LogP contribution is -2.15. The average Bonchev–Trinajstić information content (AvgIpc) is 2.16. The van der Waals surface area contributed by atoms with Crippen LogP contribution in [0.2, 0.25) is 0 Å². The molecule has 0 aliphatic heterocycles. The Hall–Kier alpha value is -1.02. The normalized spacial score (nSPS) is 12.9. The molecule has 2 heteroatoms. The summed E-state index contributed by atoms with van der Waals surface area (Å²) in [5.41, 5.74) is 7.03. The molecule has 0 heterocycles. The average molecular weight is 207 g/mol. The van der Waals surface area contributed by atoms with Crippen LogP contribution in [-0.4, -0.2) is 12.1 Å². The lowest BCUT2D eigenvalue weighted by Gasteiger charge is -2.10. The predicted molar refractivity (Wildman–Crippen MR) is 64.2 cm³/mol. The minimum absolute atomic E-state index is 0.236. The van der Waals surface area contributed by atoms with Crippen LogP contribution in [0.5, 0.6) is 5.75 Å². The monoisotopic (exact) mass is 207 g/mol. The van der Waals surface area contributed by atoms with Crippen LogP contribution < -0.4 is 10.5 Å². The SMILES string of the molecule is CC(C)Oc1ccc(CC[C@@H](C)N)cc1. The van der Waals surface area contributed by atoms with E-state index in [0.717, 1.165) is 18.6 Å². The first-order valence-corrected chi connectivity index (χ1v) is 5.59. The molecule has 15 heavy (non-hydrogen) atoms. The van der Waals surface area contributed by atoms with Gasteiger partial charge in [0, 0.05) is 6.04 Å².